The Labute approximate surface area is 129 Å². The average Bonchev–Trinajstić information content (AvgIpc) is 3.21. The number of hydrogen-bond donors (Lipinski definition) is 2. The Morgan fingerprint density at radius 1 is 1.45 bits per heavy atom. The van der Waals surface area contributed by atoms with E-state index in [0.717, 1.165) is 25.5 Å². The van der Waals surface area contributed by atoms with E-state index in [9.17, 15) is 4.79 Å². The van der Waals surface area contributed by atoms with Gasteiger partial charge in [0, 0.05) is 57.5 Å². The molecule has 0 aromatic carbocycles. The normalized spacial score (nSPS) is 19.3. The minimum Gasteiger partial charge on any atom is -0.347 e. The Kier molecular flexibility index (Phi) is 4.38. The van der Waals surface area contributed by atoms with Gasteiger partial charge < -0.3 is 19.8 Å². The van der Waals surface area contributed by atoms with Crippen molar-refractivity contribution < 1.29 is 4.79 Å². The van der Waals surface area contributed by atoms with Crippen molar-refractivity contribution in [2.75, 3.05) is 33.2 Å². The van der Waals surface area contributed by atoms with Gasteiger partial charge in [0.05, 0.1) is 12.4 Å². The highest BCUT2D eigenvalue weighted by molar-refractivity contribution is 5.74. The Morgan fingerprint density at radius 3 is 3.09 bits per heavy atom. The molecule has 0 radical (unpaired) electrons. The number of nitrogens with zero attached hydrogens (tertiary/aromatic N) is 5. The third kappa shape index (κ3) is 3.28. The highest BCUT2D eigenvalue weighted by Crippen LogP contribution is 2.20. The van der Waals surface area contributed by atoms with E-state index in [1.807, 2.05) is 21.9 Å². The number of hydrogen-bond acceptors (Lipinski definition) is 4. The summed E-state index contributed by atoms with van der Waals surface area (Å²) in [5.41, 5.74) is 0. The van der Waals surface area contributed by atoms with Crippen LogP contribution in [-0.2, 0) is 6.54 Å². The SMILES string of the molecule is CN1CCN(C(=O)NCCn2ccnc2)C[C@H]1c1ncc[nH]1. The van der Waals surface area contributed by atoms with Crippen LogP contribution in [0.3, 0.4) is 0 Å². The predicted octanol–water partition coefficient (Wildman–Crippen LogP) is 0.305. The average molecular weight is 303 g/mol. The molecule has 0 bridgehead atoms. The lowest BCUT2D eigenvalue weighted by Gasteiger charge is -2.38. The summed E-state index contributed by atoms with van der Waals surface area (Å²) in [6, 6.07) is 0.0907. The summed E-state index contributed by atoms with van der Waals surface area (Å²) in [5.74, 6) is 0.901. The van der Waals surface area contributed by atoms with Crippen LogP contribution >= 0.6 is 0 Å². The molecule has 2 aromatic rings. The molecule has 8 heteroatoms. The summed E-state index contributed by atoms with van der Waals surface area (Å²) in [5, 5.41) is 2.96. The summed E-state index contributed by atoms with van der Waals surface area (Å²) in [6.07, 6.45) is 8.92. The van der Waals surface area contributed by atoms with Crippen molar-refractivity contribution in [3.8, 4) is 0 Å². The number of piperazine rings is 1. The lowest BCUT2D eigenvalue weighted by Crippen LogP contribution is -2.52. The Morgan fingerprint density at radius 2 is 2.36 bits per heavy atom. The van der Waals surface area contributed by atoms with Crippen LogP contribution in [0, 0.1) is 0 Å². The molecule has 0 unspecified atom stereocenters. The first-order valence-electron chi connectivity index (χ1n) is 7.42. The third-order valence-electron chi connectivity index (χ3n) is 3.98. The second-order valence-electron chi connectivity index (χ2n) is 5.45. The molecule has 1 saturated heterocycles. The van der Waals surface area contributed by atoms with Crippen molar-refractivity contribution in [2.24, 2.45) is 0 Å². The van der Waals surface area contributed by atoms with Gasteiger partial charge >= 0.3 is 6.03 Å². The first-order valence-corrected chi connectivity index (χ1v) is 7.42. The topological polar surface area (TPSA) is 82.1 Å². The zero-order valence-corrected chi connectivity index (χ0v) is 12.6. The van der Waals surface area contributed by atoms with Crippen molar-refractivity contribution in [1.82, 2.24) is 34.6 Å². The van der Waals surface area contributed by atoms with E-state index in [4.69, 9.17) is 0 Å². The third-order valence-corrected chi connectivity index (χ3v) is 3.98. The molecule has 2 amide bonds. The van der Waals surface area contributed by atoms with E-state index in [-0.39, 0.29) is 12.1 Å². The molecule has 1 aliphatic rings. The van der Waals surface area contributed by atoms with E-state index in [1.165, 1.54) is 0 Å². The van der Waals surface area contributed by atoms with E-state index < -0.39 is 0 Å². The molecule has 2 aromatic heterocycles. The number of likely N-dealkylation sites (N-methyl/N-ethyl adjacent to an activating group) is 1. The number of nitrogens with one attached hydrogen (secondary N) is 2. The number of aromatic nitrogens is 4. The molecule has 0 spiro atoms. The van der Waals surface area contributed by atoms with Crippen LogP contribution in [-0.4, -0.2) is 68.6 Å². The summed E-state index contributed by atoms with van der Waals surface area (Å²) >= 11 is 0. The van der Waals surface area contributed by atoms with Crippen molar-refractivity contribution in [1.29, 1.82) is 0 Å². The van der Waals surface area contributed by atoms with Crippen molar-refractivity contribution in [3.63, 3.8) is 0 Å². The summed E-state index contributed by atoms with van der Waals surface area (Å²) in [6.45, 7) is 3.51. The smallest absolute Gasteiger partial charge is 0.317 e. The molecule has 1 atom stereocenters. The molecule has 3 heterocycles. The van der Waals surface area contributed by atoms with Gasteiger partial charge in [-0.15, -0.1) is 0 Å². The monoisotopic (exact) mass is 303 g/mol. The molecule has 1 aliphatic heterocycles. The number of rotatable bonds is 4. The van der Waals surface area contributed by atoms with Crippen molar-refractivity contribution in [3.05, 3.63) is 36.9 Å². The van der Waals surface area contributed by atoms with E-state index >= 15 is 0 Å². The van der Waals surface area contributed by atoms with Crippen LogP contribution in [0.4, 0.5) is 4.79 Å². The largest absolute Gasteiger partial charge is 0.347 e. The van der Waals surface area contributed by atoms with Crippen molar-refractivity contribution in [2.45, 2.75) is 12.6 Å². The van der Waals surface area contributed by atoms with Crippen LogP contribution in [0.15, 0.2) is 31.1 Å². The quantitative estimate of drug-likeness (QED) is 0.851. The highest BCUT2D eigenvalue weighted by Gasteiger charge is 2.29. The van der Waals surface area contributed by atoms with Gasteiger partial charge in [0.25, 0.3) is 0 Å². The minimum atomic E-state index is -0.0234. The number of carbonyl (C=O) groups is 1. The van der Waals surface area contributed by atoms with Crippen molar-refractivity contribution >= 4 is 6.03 Å². The fraction of sp³-hybridized carbons (Fsp3) is 0.500. The minimum absolute atomic E-state index is 0.0234. The molecule has 0 saturated carbocycles. The Hall–Kier alpha value is -2.35. The van der Waals surface area contributed by atoms with E-state index in [1.54, 1.807) is 18.7 Å². The fourth-order valence-corrected chi connectivity index (χ4v) is 2.64. The van der Waals surface area contributed by atoms with E-state index in [2.05, 4.69) is 32.2 Å². The molecule has 118 valence electrons. The van der Waals surface area contributed by atoms with Gasteiger partial charge in [0.1, 0.15) is 5.82 Å². The number of imidazole rings is 2. The number of carbonyl (C=O) groups excluding carboxylic acids is 1. The lowest BCUT2D eigenvalue weighted by molar-refractivity contribution is 0.106. The van der Waals surface area contributed by atoms with E-state index in [0.29, 0.717) is 13.1 Å². The standard InChI is InChI=1S/C14H21N7O/c1-19-8-9-21(10-12(19)13-16-2-3-17-13)14(22)18-5-7-20-6-4-15-11-20/h2-4,6,11-12H,5,7-10H2,1H3,(H,16,17)(H,18,22)/t12-/m0/s1. The molecule has 1 fully saturated rings. The van der Waals surface area contributed by atoms with Crippen LogP contribution < -0.4 is 5.32 Å². The number of urea groups is 1. The maximum atomic E-state index is 12.3. The Bertz CT molecular complexity index is 580. The highest BCUT2D eigenvalue weighted by atomic mass is 16.2. The second kappa shape index (κ2) is 6.61. The summed E-state index contributed by atoms with van der Waals surface area (Å²) in [7, 11) is 2.06. The number of H-pyrrole nitrogens is 1. The van der Waals surface area contributed by atoms with Gasteiger partial charge in [0.15, 0.2) is 0 Å². The first-order chi connectivity index (χ1) is 10.7. The van der Waals surface area contributed by atoms with Crippen LogP contribution in [0.1, 0.15) is 11.9 Å². The van der Waals surface area contributed by atoms with Crippen LogP contribution in [0.5, 0.6) is 0 Å². The molecule has 0 aliphatic carbocycles. The lowest BCUT2D eigenvalue weighted by atomic mass is 10.1. The maximum absolute atomic E-state index is 12.3. The fourth-order valence-electron chi connectivity index (χ4n) is 2.64. The predicted molar refractivity (Wildman–Crippen MR) is 81.2 cm³/mol. The summed E-state index contributed by atoms with van der Waals surface area (Å²) in [4.78, 5) is 27.8. The first kappa shape index (κ1) is 14.6. The van der Waals surface area contributed by atoms with Gasteiger partial charge in [-0.25, -0.2) is 14.8 Å². The number of aromatic amines is 1. The molecule has 22 heavy (non-hydrogen) atoms. The van der Waals surface area contributed by atoms with Crippen LogP contribution in [0.25, 0.3) is 0 Å². The number of amides is 2. The van der Waals surface area contributed by atoms with Gasteiger partial charge in [-0.2, -0.15) is 0 Å². The molecular formula is C14H21N7O. The van der Waals surface area contributed by atoms with Gasteiger partial charge in [-0.3, -0.25) is 4.90 Å². The van der Waals surface area contributed by atoms with Gasteiger partial charge in [-0.1, -0.05) is 0 Å². The molecule has 2 N–H and O–H groups in total. The Balaban J connectivity index is 1.52. The molecule has 8 nitrogen and oxygen atoms in total. The zero-order chi connectivity index (χ0) is 15.4. The summed E-state index contributed by atoms with van der Waals surface area (Å²) < 4.78 is 1.94. The van der Waals surface area contributed by atoms with Crippen LogP contribution in [0.2, 0.25) is 0 Å². The van der Waals surface area contributed by atoms with Gasteiger partial charge in [-0.05, 0) is 7.05 Å². The molecule has 3 rings (SSSR count). The molecular weight excluding hydrogens is 282 g/mol. The van der Waals surface area contributed by atoms with Gasteiger partial charge in [0.2, 0.25) is 0 Å². The maximum Gasteiger partial charge on any atom is 0.317 e. The zero-order valence-electron chi connectivity index (χ0n) is 12.6. The second-order valence-corrected chi connectivity index (χ2v) is 5.45.